The van der Waals surface area contributed by atoms with E-state index in [-0.39, 0.29) is 6.17 Å². The van der Waals surface area contributed by atoms with Crippen molar-refractivity contribution in [2.24, 2.45) is 0 Å². The third-order valence-electron chi connectivity index (χ3n) is 8.74. The number of allylic oxidation sites excluding steroid dienone is 3. The Labute approximate surface area is 236 Å². The molecule has 3 atom stereocenters. The molecule has 0 spiro atoms. The highest BCUT2D eigenvalue weighted by molar-refractivity contribution is 8.00. The van der Waals surface area contributed by atoms with Gasteiger partial charge in [0, 0.05) is 31.5 Å². The topological polar surface area (TPSA) is 24.5 Å². The number of aromatic nitrogens is 1. The largest absolute Gasteiger partial charge is 0.407 e. The summed E-state index contributed by atoms with van der Waals surface area (Å²) in [4.78, 5) is 1.42. The van der Waals surface area contributed by atoms with Crippen LogP contribution in [-0.2, 0) is 0 Å². The summed E-state index contributed by atoms with van der Waals surface area (Å²) >= 11 is 2.00. The molecule has 2 N–H and O–H groups in total. The molecule has 3 aliphatic rings. The Morgan fingerprint density at radius 3 is 2.27 bits per heavy atom. The maximum absolute atomic E-state index is 2.50. The number of para-hydroxylation sites is 1. The third kappa shape index (κ3) is 3.09. The number of fused-ring (bicyclic) bond motifs is 9. The molecule has 0 amide bonds. The molecule has 1 aliphatic carbocycles. The van der Waals surface area contributed by atoms with Crippen molar-refractivity contribution >= 4 is 50.2 Å². The monoisotopic (exact) mass is 533 g/mol. The zero-order chi connectivity index (χ0) is 26.2. The minimum Gasteiger partial charge on any atom is -0.191 e. The Hall–Kier alpha value is -4.38. The molecule has 0 bridgehead atoms. The molecular weight excluding hydrogens is 506 g/mol. The van der Waals surface area contributed by atoms with Crippen molar-refractivity contribution in [2.45, 2.75) is 22.2 Å². The molecule has 0 saturated heterocycles. The molecule has 5 aromatic carbocycles. The number of hydrogen-bond donors (Lipinski definition) is 1. The van der Waals surface area contributed by atoms with Gasteiger partial charge >= 0.3 is 12.0 Å². The lowest BCUT2D eigenvalue weighted by molar-refractivity contribution is -0.915. The van der Waals surface area contributed by atoms with Crippen molar-refractivity contribution in [2.75, 3.05) is 0 Å². The Morgan fingerprint density at radius 2 is 1.40 bits per heavy atom. The van der Waals surface area contributed by atoms with E-state index in [1.807, 2.05) is 11.8 Å². The van der Waals surface area contributed by atoms with Gasteiger partial charge in [-0.05, 0) is 58.8 Å². The first-order chi connectivity index (χ1) is 19.9. The normalized spacial score (nSPS) is 21.2. The number of nitrogens with zero attached hydrogens (tertiary/aromatic N) is 2. The predicted molar refractivity (Wildman–Crippen MR) is 165 cm³/mol. The molecule has 2 aliphatic heterocycles. The van der Waals surface area contributed by atoms with Gasteiger partial charge in [0.05, 0.1) is 5.56 Å². The first-order valence-corrected chi connectivity index (χ1v) is 14.9. The second kappa shape index (κ2) is 8.56. The van der Waals surface area contributed by atoms with Crippen LogP contribution < -0.4 is 5.32 Å². The summed E-state index contributed by atoms with van der Waals surface area (Å²) in [5.41, 5.74) is 6.51. The SMILES string of the molecule is C1=CC2Sc3ccc4c(ccc5c4c4ccccc4n5[N+]4=C(c5ccccc5)[NH2+]C4c4ccccc4)c3C2C=C1. The van der Waals surface area contributed by atoms with Crippen LogP contribution in [0.1, 0.15) is 28.8 Å². The van der Waals surface area contributed by atoms with Gasteiger partial charge in [-0.2, -0.15) is 5.32 Å². The highest BCUT2D eigenvalue weighted by atomic mass is 32.2. The standard InChI is InChI=1S/C36H25N3S/c1-3-11-23(12-4-1)35-37-36(24-13-5-2-6-14-24)39(35)38-29-17-9-7-15-27(29)33-25-20-22-32-34(26(25)19-21-30(33)38)28-16-8-10-18-31(28)40-32/h1-22,28,31,35H/p+2. The smallest absolute Gasteiger partial charge is 0.191 e. The van der Waals surface area contributed by atoms with Crippen molar-refractivity contribution in [3.05, 3.63) is 150 Å². The second-order valence-corrected chi connectivity index (χ2v) is 12.1. The van der Waals surface area contributed by atoms with Gasteiger partial charge in [-0.15, -0.1) is 16.4 Å². The van der Waals surface area contributed by atoms with E-state index < -0.39 is 0 Å². The van der Waals surface area contributed by atoms with Gasteiger partial charge < -0.3 is 0 Å². The Morgan fingerprint density at radius 1 is 0.650 bits per heavy atom. The van der Waals surface area contributed by atoms with Crippen molar-refractivity contribution in [1.82, 2.24) is 4.68 Å². The number of amidine groups is 1. The lowest BCUT2D eigenvalue weighted by atomic mass is 9.88. The van der Waals surface area contributed by atoms with Gasteiger partial charge in [-0.1, -0.05) is 91.0 Å². The Balaban J connectivity index is 1.36. The van der Waals surface area contributed by atoms with Crippen LogP contribution in [-0.4, -0.2) is 20.4 Å². The zero-order valence-corrected chi connectivity index (χ0v) is 22.6. The van der Waals surface area contributed by atoms with Crippen LogP contribution in [0.2, 0.25) is 0 Å². The number of rotatable bonds is 3. The second-order valence-electron chi connectivity index (χ2n) is 10.9. The van der Waals surface area contributed by atoms with Crippen LogP contribution >= 0.6 is 11.8 Å². The quantitative estimate of drug-likeness (QED) is 0.241. The fraction of sp³-hybridized carbons (Fsp3) is 0.0833. The van der Waals surface area contributed by atoms with Gasteiger partial charge in [-0.3, -0.25) is 0 Å². The van der Waals surface area contributed by atoms with Crippen molar-refractivity contribution < 1.29 is 10.0 Å². The molecule has 9 rings (SSSR count). The van der Waals surface area contributed by atoms with Crippen LogP contribution in [0.4, 0.5) is 0 Å². The number of benzene rings is 5. The number of nitrogens with two attached hydrogens (primary N) is 1. The van der Waals surface area contributed by atoms with Gasteiger partial charge in [0.25, 0.3) is 0 Å². The molecule has 3 unspecified atom stereocenters. The van der Waals surface area contributed by atoms with E-state index >= 15 is 0 Å². The highest BCUT2D eigenvalue weighted by Gasteiger charge is 2.49. The van der Waals surface area contributed by atoms with Crippen molar-refractivity contribution in [1.29, 1.82) is 0 Å². The fourth-order valence-corrected chi connectivity index (χ4v) is 8.32. The Kier molecular flexibility index (Phi) is 4.80. The van der Waals surface area contributed by atoms with E-state index in [0.717, 1.165) is 0 Å². The van der Waals surface area contributed by atoms with Gasteiger partial charge in [0.1, 0.15) is 16.6 Å². The average molecular weight is 534 g/mol. The van der Waals surface area contributed by atoms with E-state index in [9.17, 15) is 0 Å². The maximum atomic E-state index is 2.50. The third-order valence-corrected chi connectivity index (χ3v) is 10.1. The van der Waals surface area contributed by atoms with E-state index in [4.69, 9.17) is 0 Å². The highest BCUT2D eigenvalue weighted by Crippen LogP contribution is 2.51. The fourth-order valence-electron chi connectivity index (χ4n) is 6.96. The maximum Gasteiger partial charge on any atom is 0.407 e. The minimum atomic E-state index is 0.155. The molecule has 4 heteroatoms. The molecule has 1 aromatic heterocycles. The molecule has 0 saturated carbocycles. The van der Waals surface area contributed by atoms with E-state index in [0.29, 0.717) is 11.2 Å². The molecule has 3 heterocycles. The summed E-state index contributed by atoms with van der Waals surface area (Å²) in [5, 5.41) is 8.27. The van der Waals surface area contributed by atoms with Gasteiger partial charge in [-0.25, -0.2) is 0 Å². The van der Waals surface area contributed by atoms with Gasteiger partial charge in [0.2, 0.25) is 0 Å². The van der Waals surface area contributed by atoms with Crippen LogP contribution in [0.15, 0.2) is 138 Å². The average Bonchev–Trinajstić information content (AvgIpc) is 3.54. The minimum absolute atomic E-state index is 0.155. The summed E-state index contributed by atoms with van der Waals surface area (Å²) in [7, 11) is 0. The number of quaternary nitrogens is 1. The number of hydrogen-bond acceptors (Lipinski definition) is 1. The Bertz CT molecular complexity index is 2070. The van der Waals surface area contributed by atoms with Crippen molar-refractivity contribution in [3.63, 3.8) is 0 Å². The van der Waals surface area contributed by atoms with Crippen LogP contribution in [0, 0.1) is 0 Å². The summed E-state index contributed by atoms with van der Waals surface area (Å²) in [6.07, 6.45) is 9.31. The van der Waals surface area contributed by atoms with E-state index in [2.05, 4.69) is 148 Å². The molecule has 0 fully saturated rings. The summed E-state index contributed by atoms with van der Waals surface area (Å²) in [6, 6.07) is 40.0. The molecule has 3 nitrogen and oxygen atoms in total. The molecular formula is C36H27N3S+2. The summed E-state index contributed by atoms with van der Waals surface area (Å²) in [5.74, 6) is 1.68. The molecule has 190 valence electrons. The predicted octanol–water partition coefficient (Wildman–Crippen LogP) is 7.13. The number of thioether (sulfide) groups is 1. The van der Waals surface area contributed by atoms with Crippen LogP contribution in [0.25, 0.3) is 32.6 Å². The van der Waals surface area contributed by atoms with Crippen LogP contribution in [0.5, 0.6) is 0 Å². The van der Waals surface area contributed by atoms with Gasteiger partial charge in [0.15, 0.2) is 0 Å². The molecule has 40 heavy (non-hydrogen) atoms. The zero-order valence-electron chi connectivity index (χ0n) is 21.8. The first kappa shape index (κ1) is 22.4. The summed E-state index contributed by atoms with van der Waals surface area (Å²) < 4.78 is 4.97. The first-order valence-electron chi connectivity index (χ1n) is 14.0. The van der Waals surface area contributed by atoms with Crippen molar-refractivity contribution in [3.8, 4) is 0 Å². The van der Waals surface area contributed by atoms with E-state index in [1.165, 1.54) is 60.0 Å². The van der Waals surface area contributed by atoms with E-state index in [1.54, 1.807) is 0 Å². The lowest BCUT2D eigenvalue weighted by Gasteiger charge is -2.23. The lowest BCUT2D eigenvalue weighted by Crippen LogP contribution is -3.00. The van der Waals surface area contributed by atoms with Crippen LogP contribution in [0.3, 0.4) is 0 Å². The molecule has 0 radical (unpaired) electrons. The molecule has 6 aromatic rings. The summed E-state index contributed by atoms with van der Waals surface area (Å²) in [6.45, 7) is 0.